The van der Waals surface area contributed by atoms with Crippen molar-refractivity contribution in [3.63, 3.8) is 0 Å². The molecule has 0 aliphatic heterocycles. The molecular weight excluding hydrogens is 210 g/mol. The lowest BCUT2D eigenvalue weighted by molar-refractivity contribution is 1.38. The Labute approximate surface area is 99.3 Å². The molecule has 0 bridgehead atoms. The smallest absolute Gasteiger partial charge is 0.130 e. The number of hydrogen-bond acceptors (Lipinski definition) is 3. The SMILES string of the molecule is Cc1ccc2ncccc2c1C=C(C#N)C#N. The molecule has 1 aromatic heterocycles. The first-order valence-corrected chi connectivity index (χ1v) is 5.12. The van der Waals surface area contributed by atoms with Gasteiger partial charge in [-0.15, -0.1) is 0 Å². The molecule has 80 valence electrons. The van der Waals surface area contributed by atoms with Gasteiger partial charge in [0.1, 0.15) is 17.7 Å². The maximum atomic E-state index is 8.79. The number of benzene rings is 1. The van der Waals surface area contributed by atoms with E-state index in [4.69, 9.17) is 10.5 Å². The highest BCUT2D eigenvalue weighted by atomic mass is 14.6. The number of rotatable bonds is 1. The van der Waals surface area contributed by atoms with Gasteiger partial charge in [0.15, 0.2) is 0 Å². The first kappa shape index (κ1) is 10.9. The van der Waals surface area contributed by atoms with Gasteiger partial charge >= 0.3 is 0 Å². The van der Waals surface area contributed by atoms with Crippen molar-refractivity contribution in [2.45, 2.75) is 6.92 Å². The summed E-state index contributed by atoms with van der Waals surface area (Å²) < 4.78 is 0. The predicted molar refractivity (Wildman–Crippen MR) is 65.7 cm³/mol. The standard InChI is InChI=1S/C14H9N3/c1-10-4-5-14-12(3-2-6-17-14)13(10)7-11(8-15)9-16/h2-7H,1H3. The highest BCUT2D eigenvalue weighted by Gasteiger charge is 2.04. The fraction of sp³-hybridized carbons (Fsp3) is 0.0714. The van der Waals surface area contributed by atoms with Gasteiger partial charge in [-0.3, -0.25) is 4.98 Å². The van der Waals surface area contributed by atoms with Crippen LogP contribution in [0.1, 0.15) is 11.1 Å². The molecule has 0 aliphatic rings. The van der Waals surface area contributed by atoms with Crippen molar-refractivity contribution < 1.29 is 0 Å². The van der Waals surface area contributed by atoms with Crippen molar-refractivity contribution in [1.29, 1.82) is 10.5 Å². The molecule has 2 aromatic rings. The van der Waals surface area contributed by atoms with Gasteiger partial charge in [0.05, 0.1) is 5.52 Å². The minimum atomic E-state index is 0.101. The van der Waals surface area contributed by atoms with Gasteiger partial charge in [0, 0.05) is 11.6 Å². The largest absolute Gasteiger partial charge is 0.256 e. The lowest BCUT2D eigenvalue weighted by Crippen LogP contribution is -1.87. The average molecular weight is 219 g/mol. The van der Waals surface area contributed by atoms with Gasteiger partial charge in [0.2, 0.25) is 0 Å². The number of aromatic nitrogens is 1. The Morgan fingerprint density at radius 3 is 2.71 bits per heavy atom. The third-order valence-corrected chi connectivity index (χ3v) is 2.57. The van der Waals surface area contributed by atoms with Crippen LogP contribution < -0.4 is 0 Å². The normalized spacial score (nSPS) is 9.35. The van der Waals surface area contributed by atoms with Gasteiger partial charge in [0.25, 0.3) is 0 Å². The number of hydrogen-bond donors (Lipinski definition) is 0. The topological polar surface area (TPSA) is 60.5 Å². The molecule has 3 heteroatoms. The Morgan fingerprint density at radius 1 is 1.24 bits per heavy atom. The second-order valence-corrected chi connectivity index (χ2v) is 3.65. The van der Waals surface area contributed by atoms with E-state index in [1.54, 1.807) is 12.3 Å². The Balaban J connectivity index is 2.78. The van der Waals surface area contributed by atoms with Crippen LogP contribution in [0, 0.1) is 29.6 Å². The van der Waals surface area contributed by atoms with Crippen LogP contribution in [0.2, 0.25) is 0 Å². The Kier molecular flexibility index (Phi) is 2.85. The second kappa shape index (κ2) is 4.47. The molecule has 0 spiro atoms. The monoisotopic (exact) mass is 219 g/mol. The summed E-state index contributed by atoms with van der Waals surface area (Å²) in [5.74, 6) is 0. The van der Waals surface area contributed by atoms with Crippen molar-refractivity contribution in [1.82, 2.24) is 4.98 Å². The summed E-state index contributed by atoms with van der Waals surface area (Å²) in [7, 11) is 0. The summed E-state index contributed by atoms with van der Waals surface area (Å²) >= 11 is 0. The van der Waals surface area contributed by atoms with Gasteiger partial charge in [-0.05, 0) is 36.3 Å². The molecule has 0 saturated carbocycles. The number of aryl methyl sites for hydroxylation is 1. The number of pyridine rings is 1. The average Bonchev–Trinajstić information content (AvgIpc) is 2.38. The quantitative estimate of drug-likeness (QED) is 0.693. The molecule has 0 fully saturated rings. The zero-order valence-corrected chi connectivity index (χ0v) is 9.31. The molecule has 2 rings (SSSR count). The molecule has 1 aromatic carbocycles. The zero-order chi connectivity index (χ0) is 12.3. The van der Waals surface area contributed by atoms with Crippen LogP contribution in [-0.2, 0) is 0 Å². The van der Waals surface area contributed by atoms with E-state index in [1.807, 2.05) is 43.3 Å². The van der Waals surface area contributed by atoms with Crippen molar-refractivity contribution in [3.05, 3.63) is 47.2 Å². The van der Waals surface area contributed by atoms with Crippen LogP contribution in [-0.4, -0.2) is 4.98 Å². The molecular formula is C14H9N3. The lowest BCUT2D eigenvalue weighted by Gasteiger charge is -2.05. The summed E-state index contributed by atoms with van der Waals surface area (Å²) in [6.45, 7) is 1.95. The van der Waals surface area contributed by atoms with E-state index in [9.17, 15) is 0 Å². The lowest BCUT2D eigenvalue weighted by atomic mass is 10.0. The van der Waals surface area contributed by atoms with E-state index in [0.717, 1.165) is 22.0 Å². The number of allylic oxidation sites excluding steroid dienone is 1. The highest BCUT2D eigenvalue weighted by Crippen LogP contribution is 2.22. The fourth-order valence-electron chi connectivity index (χ4n) is 1.71. The molecule has 17 heavy (non-hydrogen) atoms. The molecule has 0 atom stereocenters. The number of nitrogens with zero attached hydrogens (tertiary/aromatic N) is 3. The minimum absolute atomic E-state index is 0.101. The van der Waals surface area contributed by atoms with Crippen molar-refractivity contribution in [2.75, 3.05) is 0 Å². The maximum Gasteiger partial charge on any atom is 0.130 e. The summed E-state index contributed by atoms with van der Waals surface area (Å²) in [6.07, 6.45) is 3.33. The van der Waals surface area contributed by atoms with Gasteiger partial charge in [-0.25, -0.2) is 0 Å². The highest BCUT2D eigenvalue weighted by molar-refractivity contribution is 5.90. The Hall–Kier alpha value is -2.65. The van der Waals surface area contributed by atoms with E-state index in [0.29, 0.717) is 0 Å². The maximum absolute atomic E-state index is 8.79. The van der Waals surface area contributed by atoms with Gasteiger partial charge < -0.3 is 0 Å². The van der Waals surface area contributed by atoms with Gasteiger partial charge in [-0.1, -0.05) is 12.1 Å². The molecule has 0 aliphatic carbocycles. The number of fused-ring (bicyclic) bond motifs is 1. The molecule has 0 N–H and O–H groups in total. The van der Waals surface area contributed by atoms with Crippen molar-refractivity contribution >= 4 is 17.0 Å². The van der Waals surface area contributed by atoms with Crippen LogP contribution in [0.25, 0.3) is 17.0 Å². The van der Waals surface area contributed by atoms with Crippen molar-refractivity contribution in [2.24, 2.45) is 0 Å². The third-order valence-electron chi connectivity index (χ3n) is 2.57. The van der Waals surface area contributed by atoms with E-state index in [2.05, 4.69) is 4.98 Å². The number of nitriles is 2. The van der Waals surface area contributed by atoms with Crippen LogP contribution in [0.4, 0.5) is 0 Å². The van der Waals surface area contributed by atoms with Crippen molar-refractivity contribution in [3.8, 4) is 12.1 Å². The van der Waals surface area contributed by atoms with E-state index in [-0.39, 0.29) is 5.57 Å². The summed E-state index contributed by atoms with van der Waals surface area (Å²) in [6, 6.07) is 11.4. The first-order valence-electron chi connectivity index (χ1n) is 5.12. The summed E-state index contributed by atoms with van der Waals surface area (Å²) in [5.41, 5.74) is 2.87. The van der Waals surface area contributed by atoms with E-state index < -0.39 is 0 Å². The van der Waals surface area contributed by atoms with Crippen LogP contribution in [0.3, 0.4) is 0 Å². The van der Waals surface area contributed by atoms with Gasteiger partial charge in [-0.2, -0.15) is 10.5 Å². The van der Waals surface area contributed by atoms with Crippen LogP contribution >= 0.6 is 0 Å². The minimum Gasteiger partial charge on any atom is -0.256 e. The first-order chi connectivity index (χ1) is 8.26. The third kappa shape index (κ3) is 2.00. The predicted octanol–water partition coefficient (Wildman–Crippen LogP) is 2.97. The van der Waals surface area contributed by atoms with E-state index in [1.165, 1.54) is 0 Å². The molecule has 1 heterocycles. The second-order valence-electron chi connectivity index (χ2n) is 3.65. The Morgan fingerprint density at radius 2 is 2.00 bits per heavy atom. The Bertz CT molecular complexity index is 669. The summed E-state index contributed by atoms with van der Waals surface area (Å²) in [5, 5.41) is 18.5. The molecule has 0 radical (unpaired) electrons. The molecule has 0 saturated heterocycles. The molecule has 0 unspecified atom stereocenters. The molecule has 3 nitrogen and oxygen atoms in total. The van der Waals surface area contributed by atoms with E-state index >= 15 is 0 Å². The fourth-order valence-corrected chi connectivity index (χ4v) is 1.71. The van der Waals surface area contributed by atoms with Crippen LogP contribution in [0.5, 0.6) is 0 Å². The zero-order valence-electron chi connectivity index (χ0n) is 9.31. The molecule has 0 amide bonds. The summed E-state index contributed by atoms with van der Waals surface area (Å²) in [4.78, 5) is 4.25. The van der Waals surface area contributed by atoms with Crippen LogP contribution in [0.15, 0.2) is 36.0 Å².